The Morgan fingerprint density at radius 2 is 1.46 bits per heavy atom. The van der Waals surface area contributed by atoms with E-state index < -0.39 is 53.0 Å². The Morgan fingerprint density at radius 1 is 0.821 bits per heavy atom. The molecule has 3 N–H and O–H groups in total. The highest BCUT2D eigenvalue weighted by molar-refractivity contribution is 7.99. The van der Waals surface area contributed by atoms with E-state index in [4.69, 9.17) is 9.47 Å². The van der Waals surface area contributed by atoms with Crippen LogP contribution in [-0.2, 0) is 22.6 Å². The molecule has 2 heterocycles. The highest BCUT2D eigenvalue weighted by Gasteiger charge is 2.39. The van der Waals surface area contributed by atoms with Crippen LogP contribution in [0.1, 0.15) is 51.9 Å². The zero-order chi connectivity index (χ0) is 39.5. The predicted octanol–water partition coefficient (Wildman–Crippen LogP) is 7.74. The van der Waals surface area contributed by atoms with Gasteiger partial charge in [-0.05, 0) is 62.5 Å². The number of thioether (sulfide) groups is 1. The molecule has 0 bridgehead atoms. The Labute approximate surface area is 320 Å². The molecular weight excluding hydrogens is 758 g/mol. The summed E-state index contributed by atoms with van der Waals surface area (Å²) in [5, 5.41) is 34.2. The number of aliphatic hydroxyl groups is 1. The number of halogens is 5. The van der Waals surface area contributed by atoms with Gasteiger partial charge in [0.15, 0.2) is 29.6 Å². The summed E-state index contributed by atoms with van der Waals surface area (Å²) in [6.45, 7) is 1.64. The van der Waals surface area contributed by atoms with Crippen molar-refractivity contribution in [3.05, 3.63) is 154 Å². The zero-order valence-corrected chi connectivity index (χ0v) is 30.2. The summed E-state index contributed by atoms with van der Waals surface area (Å²) >= 11 is 1.40. The van der Waals surface area contributed by atoms with Crippen LogP contribution < -0.4 is 5.32 Å². The number of phenolic OH excluding ortho intramolecular Hbond substituents is 1. The van der Waals surface area contributed by atoms with Crippen molar-refractivity contribution in [2.45, 2.75) is 43.7 Å². The Morgan fingerprint density at radius 3 is 2.14 bits per heavy atom. The van der Waals surface area contributed by atoms with Gasteiger partial charge >= 0.3 is 0 Å². The number of aromatic nitrogens is 4. The number of nitrogens with one attached hydrogen (secondary N) is 1. The first-order valence-electron chi connectivity index (χ1n) is 17.2. The highest BCUT2D eigenvalue weighted by Crippen LogP contribution is 2.43. The van der Waals surface area contributed by atoms with E-state index in [1.807, 2.05) is 55.5 Å². The summed E-state index contributed by atoms with van der Waals surface area (Å²) in [7, 11) is 0. The maximum absolute atomic E-state index is 14.3. The first-order valence-corrected chi connectivity index (χ1v) is 18.2. The predicted molar refractivity (Wildman–Crippen MR) is 194 cm³/mol. The normalized spacial score (nSPS) is 18.2. The molecular formula is C40H32F5N5O5S. The number of aromatic hydroxyl groups is 1. The topological polar surface area (TPSA) is 132 Å². The van der Waals surface area contributed by atoms with E-state index in [-0.39, 0.29) is 30.9 Å². The number of hydrogen-bond acceptors (Lipinski definition) is 9. The molecule has 1 aliphatic heterocycles. The number of ether oxygens (including phenoxy) is 2. The van der Waals surface area contributed by atoms with E-state index >= 15 is 0 Å². The molecule has 56 heavy (non-hydrogen) atoms. The van der Waals surface area contributed by atoms with Gasteiger partial charge in [-0.1, -0.05) is 91.5 Å². The van der Waals surface area contributed by atoms with Gasteiger partial charge < -0.3 is 25.0 Å². The smallest absolute Gasteiger partial charge is 0.257 e. The van der Waals surface area contributed by atoms with E-state index in [1.165, 1.54) is 11.8 Å². The van der Waals surface area contributed by atoms with Gasteiger partial charge in [-0.15, -0.1) is 5.10 Å². The number of benzene rings is 5. The lowest BCUT2D eigenvalue weighted by Crippen LogP contribution is -2.38. The van der Waals surface area contributed by atoms with Crippen molar-refractivity contribution in [2.24, 2.45) is 5.92 Å². The molecule has 4 atom stereocenters. The molecule has 10 nitrogen and oxygen atoms in total. The number of hydrogen-bond donors (Lipinski definition) is 3. The molecule has 1 aromatic heterocycles. The first-order chi connectivity index (χ1) is 27.0. The summed E-state index contributed by atoms with van der Waals surface area (Å²) in [6, 6.07) is 28.1. The minimum Gasteiger partial charge on any atom is -0.508 e. The summed E-state index contributed by atoms with van der Waals surface area (Å²) < 4.78 is 84.3. The molecule has 7 rings (SSSR count). The van der Waals surface area contributed by atoms with Gasteiger partial charge in [-0.3, -0.25) is 4.79 Å². The third-order valence-electron chi connectivity index (χ3n) is 9.42. The molecule has 0 spiro atoms. The SMILES string of the molecule is CC1C(CSc2nnnn2-c2ccc(O)cc2)OC(c2ccc(-c3ccccc3CNC(=O)c3c(F)c(F)c(F)c(F)c3F)cc2)OC1c1ccc(CO)cc1. The van der Waals surface area contributed by atoms with E-state index in [0.717, 1.165) is 11.1 Å². The molecule has 1 amide bonds. The molecule has 1 aliphatic rings. The van der Waals surface area contributed by atoms with E-state index in [1.54, 1.807) is 53.2 Å². The lowest BCUT2D eigenvalue weighted by Gasteiger charge is -2.41. The number of carbonyl (C=O) groups is 1. The largest absolute Gasteiger partial charge is 0.508 e. The summed E-state index contributed by atoms with van der Waals surface area (Å²) in [5.74, 6) is -12.2. The molecule has 1 saturated heterocycles. The summed E-state index contributed by atoms with van der Waals surface area (Å²) in [5.41, 5.74) is 3.29. The van der Waals surface area contributed by atoms with Crippen molar-refractivity contribution in [1.29, 1.82) is 0 Å². The maximum Gasteiger partial charge on any atom is 0.257 e. The van der Waals surface area contributed by atoms with Crippen molar-refractivity contribution >= 4 is 17.7 Å². The molecule has 16 heteroatoms. The number of carbonyl (C=O) groups excluding carboxylic acids is 1. The third kappa shape index (κ3) is 7.86. The number of amides is 1. The first kappa shape index (κ1) is 38.6. The third-order valence-corrected chi connectivity index (χ3v) is 10.4. The van der Waals surface area contributed by atoms with Crippen LogP contribution in [0.15, 0.2) is 102 Å². The second-order valence-corrected chi connectivity index (χ2v) is 13.9. The summed E-state index contributed by atoms with van der Waals surface area (Å²) in [6.07, 6.45) is -1.56. The minimum atomic E-state index is -2.35. The van der Waals surface area contributed by atoms with Gasteiger partial charge in [0.2, 0.25) is 11.0 Å². The van der Waals surface area contributed by atoms with Crippen molar-refractivity contribution in [3.8, 4) is 22.6 Å². The van der Waals surface area contributed by atoms with Crippen LogP contribution in [0.2, 0.25) is 0 Å². The molecule has 288 valence electrons. The van der Waals surface area contributed by atoms with Crippen LogP contribution in [0.25, 0.3) is 16.8 Å². The van der Waals surface area contributed by atoms with Crippen molar-refractivity contribution in [3.63, 3.8) is 0 Å². The Hall–Kier alpha value is -5.68. The molecule has 0 saturated carbocycles. The van der Waals surface area contributed by atoms with Gasteiger partial charge in [0, 0.05) is 23.8 Å². The van der Waals surface area contributed by atoms with Crippen molar-refractivity contribution < 1.29 is 46.4 Å². The molecule has 0 radical (unpaired) electrons. The average molecular weight is 790 g/mol. The molecule has 4 unspecified atom stereocenters. The van der Waals surface area contributed by atoms with Crippen molar-refractivity contribution in [2.75, 3.05) is 5.75 Å². The van der Waals surface area contributed by atoms with Crippen LogP contribution >= 0.6 is 11.8 Å². The standard InChI is InChI=1S/C40H32F5N5O5S/c1-21-30(20-56-40-47-48-49-50(40)27-14-16-28(52)17-15-27)54-39(55-37(21)24-8-6-22(19-51)7-9-24)25-12-10-23(11-13-25)29-5-3-2-4-26(29)18-46-38(53)31-32(41)34(43)36(45)35(44)33(31)42/h2-17,21,30,37,39,51-52H,18-20H2,1H3,(H,46,53). The molecule has 6 aromatic rings. The average Bonchev–Trinajstić information content (AvgIpc) is 3.70. The monoisotopic (exact) mass is 789 g/mol. The fourth-order valence-electron chi connectivity index (χ4n) is 6.34. The molecule has 5 aromatic carbocycles. The summed E-state index contributed by atoms with van der Waals surface area (Å²) in [4.78, 5) is 12.7. The van der Waals surface area contributed by atoms with Crippen LogP contribution in [-0.4, -0.2) is 48.2 Å². The fourth-order valence-corrected chi connectivity index (χ4v) is 7.39. The number of aliphatic hydroxyl groups excluding tert-OH is 1. The second-order valence-electron chi connectivity index (χ2n) is 12.9. The quantitative estimate of drug-likeness (QED) is 0.0522. The van der Waals surface area contributed by atoms with Gasteiger partial charge in [0.1, 0.15) is 11.3 Å². The van der Waals surface area contributed by atoms with Crippen molar-refractivity contribution in [1.82, 2.24) is 25.5 Å². The highest BCUT2D eigenvalue weighted by atomic mass is 32.2. The lowest BCUT2D eigenvalue weighted by atomic mass is 9.91. The number of nitrogens with zero attached hydrogens (tertiary/aromatic N) is 4. The minimum absolute atomic E-state index is 0.102. The Balaban J connectivity index is 1.11. The molecule has 0 aliphatic carbocycles. The van der Waals surface area contributed by atoms with Gasteiger partial charge in [0.25, 0.3) is 5.91 Å². The van der Waals surface area contributed by atoms with Gasteiger partial charge in [0.05, 0.1) is 24.5 Å². The van der Waals surface area contributed by atoms with E-state index in [0.29, 0.717) is 38.9 Å². The zero-order valence-electron chi connectivity index (χ0n) is 29.4. The van der Waals surface area contributed by atoms with Crippen LogP contribution in [0.5, 0.6) is 5.75 Å². The number of rotatable bonds is 11. The van der Waals surface area contributed by atoms with E-state index in [2.05, 4.69) is 20.8 Å². The Bertz CT molecular complexity index is 2320. The fraction of sp³-hybridized carbons (Fsp3) is 0.200. The molecule has 1 fully saturated rings. The number of phenols is 1. The van der Waals surface area contributed by atoms with Crippen LogP contribution in [0.4, 0.5) is 22.0 Å². The van der Waals surface area contributed by atoms with Gasteiger partial charge in [-0.25, -0.2) is 22.0 Å². The Kier molecular flexibility index (Phi) is 11.4. The lowest BCUT2D eigenvalue weighted by molar-refractivity contribution is -0.268. The van der Waals surface area contributed by atoms with Gasteiger partial charge in [-0.2, -0.15) is 4.68 Å². The van der Waals surface area contributed by atoms with E-state index in [9.17, 15) is 37.0 Å². The number of tetrazole rings is 1. The second kappa shape index (κ2) is 16.6. The van der Waals surface area contributed by atoms with Crippen LogP contribution in [0, 0.1) is 35.0 Å². The van der Waals surface area contributed by atoms with Crippen LogP contribution in [0.3, 0.4) is 0 Å². The maximum atomic E-state index is 14.3.